The Bertz CT molecular complexity index is 364. The Kier molecular flexibility index (Phi) is 3.67. The fourth-order valence-electron chi connectivity index (χ4n) is 1.08. The van der Waals surface area contributed by atoms with E-state index in [1.807, 2.05) is 34.6 Å². The van der Waals surface area contributed by atoms with E-state index >= 15 is 0 Å². The van der Waals surface area contributed by atoms with Gasteiger partial charge in [0.25, 0.3) is 0 Å². The zero-order chi connectivity index (χ0) is 12.3. The molecule has 0 amide bonds. The summed E-state index contributed by atoms with van der Waals surface area (Å²) >= 11 is 0. The van der Waals surface area contributed by atoms with Crippen LogP contribution in [0.15, 0.2) is 4.52 Å². The number of aromatic nitrogens is 2. The predicted octanol–water partition coefficient (Wildman–Crippen LogP) is 2.08. The van der Waals surface area contributed by atoms with Crippen molar-refractivity contribution in [3.8, 4) is 0 Å². The molecule has 1 aromatic rings. The number of nitrogens with zero attached hydrogens (tertiary/aromatic N) is 2. The van der Waals surface area contributed by atoms with Crippen molar-refractivity contribution >= 4 is 5.97 Å². The van der Waals surface area contributed by atoms with Crippen LogP contribution in [0.1, 0.15) is 52.3 Å². The number of hydrogen-bond acceptors (Lipinski definition) is 5. The molecule has 1 aromatic heterocycles. The normalized spacial score (nSPS) is 11.9. The Balaban J connectivity index is 2.57. The lowest BCUT2D eigenvalue weighted by atomic mass is 10.2. The van der Waals surface area contributed by atoms with Crippen molar-refractivity contribution < 1.29 is 14.1 Å². The molecule has 0 N–H and O–H groups in total. The van der Waals surface area contributed by atoms with Crippen LogP contribution in [0.4, 0.5) is 0 Å². The average Bonchev–Trinajstić information content (AvgIpc) is 2.48. The molecular weight excluding hydrogens is 208 g/mol. The highest BCUT2D eigenvalue weighted by Gasteiger charge is 2.19. The standard InChI is InChI=1S/C11H18N2O3/c1-7(2)10-12-8(13-16-10)6-9(14)15-11(3,4)5/h7H,6H2,1-5H3. The summed E-state index contributed by atoms with van der Waals surface area (Å²) in [4.78, 5) is 15.6. The van der Waals surface area contributed by atoms with E-state index in [1.54, 1.807) is 0 Å². The van der Waals surface area contributed by atoms with Gasteiger partial charge in [0, 0.05) is 5.92 Å². The molecule has 0 atom stereocenters. The van der Waals surface area contributed by atoms with E-state index < -0.39 is 5.60 Å². The molecule has 5 nitrogen and oxygen atoms in total. The summed E-state index contributed by atoms with van der Waals surface area (Å²) in [5.41, 5.74) is -0.484. The maximum Gasteiger partial charge on any atom is 0.314 e. The lowest BCUT2D eigenvalue weighted by molar-refractivity contribution is -0.154. The molecule has 0 aliphatic rings. The van der Waals surface area contributed by atoms with Crippen molar-refractivity contribution in [1.29, 1.82) is 0 Å². The number of carbonyl (C=O) groups is 1. The van der Waals surface area contributed by atoms with Crippen LogP contribution in [-0.2, 0) is 16.0 Å². The molecule has 0 saturated heterocycles. The smallest absolute Gasteiger partial charge is 0.314 e. The Morgan fingerprint density at radius 1 is 1.44 bits per heavy atom. The number of carbonyl (C=O) groups excluding carboxylic acids is 1. The van der Waals surface area contributed by atoms with Crippen LogP contribution in [0.2, 0.25) is 0 Å². The molecule has 0 spiro atoms. The first-order valence-electron chi connectivity index (χ1n) is 5.32. The second-order valence-electron chi connectivity index (χ2n) is 4.97. The Morgan fingerprint density at radius 2 is 2.06 bits per heavy atom. The minimum atomic E-state index is -0.484. The lowest BCUT2D eigenvalue weighted by Gasteiger charge is -2.18. The van der Waals surface area contributed by atoms with Crippen LogP contribution in [0.25, 0.3) is 0 Å². The van der Waals surface area contributed by atoms with Crippen LogP contribution >= 0.6 is 0 Å². The van der Waals surface area contributed by atoms with E-state index in [0.717, 1.165) is 0 Å². The van der Waals surface area contributed by atoms with Crippen LogP contribution in [0.5, 0.6) is 0 Å². The maximum absolute atomic E-state index is 11.5. The Morgan fingerprint density at radius 3 is 2.50 bits per heavy atom. The fraction of sp³-hybridized carbons (Fsp3) is 0.727. The molecule has 5 heteroatoms. The first-order valence-corrected chi connectivity index (χ1v) is 5.32. The van der Waals surface area contributed by atoms with Gasteiger partial charge in [-0.2, -0.15) is 4.98 Å². The topological polar surface area (TPSA) is 65.2 Å². The molecule has 16 heavy (non-hydrogen) atoms. The van der Waals surface area contributed by atoms with E-state index in [-0.39, 0.29) is 18.3 Å². The summed E-state index contributed by atoms with van der Waals surface area (Å²) in [6.07, 6.45) is 0.0491. The summed E-state index contributed by atoms with van der Waals surface area (Å²) < 4.78 is 10.1. The SMILES string of the molecule is CC(C)c1nc(CC(=O)OC(C)(C)C)no1. The third-order valence-electron chi connectivity index (χ3n) is 1.70. The molecule has 0 fully saturated rings. The summed E-state index contributed by atoms with van der Waals surface area (Å²) in [6.45, 7) is 9.36. The first-order chi connectivity index (χ1) is 7.28. The largest absolute Gasteiger partial charge is 0.460 e. The van der Waals surface area contributed by atoms with Crippen molar-refractivity contribution in [3.63, 3.8) is 0 Å². The van der Waals surface area contributed by atoms with Gasteiger partial charge in [-0.1, -0.05) is 19.0 Å². The summed E-state index contributed by atoms with van der Waals surface area (Å²) in [5, 5.41) is 3.72. The van der Waals surface area contributed by atoms with Gasteiger partial charge >= 0.3 is 5.97 Å². The third kappa shape index (κ3) is 4.00. The first kappa shape index (κ1) is 12.7. The van der Waals surface area contributed by atoms with Gasteiger partial charge < -0.3 is 9.26 Å². The van der Waals surface area contributed by atoms with E-state index in [9.17, 15) is 4.79 Å². The minimum Gasteiger partial charge on any atom is -0.460 e. The third-order valence-corrected chi connectivity index (χ3v) is 1.70. The molecule has 0 aliphatic heterocycles. The molecule has 0 radical (unpaired) electrons. The van der Waals surface area contributed by atoms with Gasteiger partial charge in [0.05, 0.1) is 0 Å². The van der Waals surface area contributed by atoms with Crippen molar-refractivity contribution in [3.05, 3.63) is 11.7 Å². The zero-order valence-electron chi connectivity index (χ0n) is 10.4. The zero-order valence-corrected chi connectivity index (χ0v) is 10.4. The van der Waals surface area contributed by atoms with Crippen LogP contribution in [0.3, 0.4) is 0 Å². The lowest BCUT2D eigenvalue weighted by Crippen LogP contribution is -2.25. The van der Waals surface area contributed by atoms with Gasteiger partial charge in [-0.25, -0.2) is 0 Å². The van der Waals surface area contributed by atoms with E-state index in [4.69, 9.17) is 9.26 Å². The molecule has 0 unspecified atom stereocenters. The van der Waals surface area contributed by atoms with Gasteiger partial charge in [-0.3, -0.25) is 4.79 Å². The van der Waals surface area contributed by atoms with Crippen molar-refractivity contribution in [2.45, 2.75) is 52.6 Å². The second-order valence-corrected chi connectivity index (χ2v) is 4.97. The molecule has 90 valence electrons. The monoisotopic (exact) mass is 226 g/mol. The van der Waals surface area contributed by atoms with E-state index in [1.165, 1.54) is 0 Å². The van der Waals surface area contributed by atoms with Gasteiger partial charge in [0.1, 0.15) is 12.0 Å². The quantitative estimate of drug-likeness (QED) is 0.738. The highest BCUT2D eigenvalue weighted by molar-refractivity contribution is 5.71. The molecule has 1 heterocycles. The van der Waals surface area contributed by atoms with Gasteiger partial charge in [-0.05, 0) is 20.8 Å². The predicted molar refractivity (Wildman–Crippen MR) is 57.9 cm³/mol. The van der Waals surface area contributed by atoms with Crippen LogP contribution < -0.4 is 0 Å². The second kappa shape index (κ2) is 4.63. The molecular formula is C11H18N2O3. The number of hydrogen-bond donors (Lipinski definition) is 0. The van der Waals surface area contributed by atoms with Crippen molar-refractivity contribution in [2.75, 3.05) is 0 Å². The Labute approximate surface area is 95.2 Å². The van der Waals surface area contributed by atoms with E-state index in [2.05, 4.69) is 10.1 Å². The molecule has 1 rings (SSSR count). The highest BCUT2D eigenvalue weighted by Crippen LogP contribution is 2.12. The number of rotatable bonds is 3. The van der Waals surface area contributed by atoms with Gasteiger partial charge in [0.2, 0.25) is 5.89 Å². The number of esters is 1. The summed E-state index contributed by atoms with van der Waals surface area (Å²) in [7, 11) is 0. The number of ether oxygens (including phenoxy) is 1. The molecule has 0 aromatic carbocycles. The average molecular weight is 226 g/mol. The van der Waals surface area contributed by atoms with Gasteiger partial charge in [0.15, 0.2) is 5.82 Å². The van der Waals surface area contributed by atoms with E-state index in [0.29, 0.717) is 11.7 Å². The van der Waals surface area contributed by atoms with Crippen molar-refractivity contribution in [2.24, 2.45) is 0 Å². The molecule has 0 saturated carbocycles. The highest BCUT2D eigenvalue weighted by atomic mass is 16.6. The Hall–Kier alpha value is -1.39. The molecule has 0 aliphatic carbocycles. The summed E-state index contributed by atoms with van der Waals surface area (Å²) in [5.74, 6) is 0.736. The summed E-state index contributed by atoms with van der Waals surface area (Å²) in [6, 6.07) is 0. The molecule has 0 bridgehead atoms. The van der Waals surface area contributed by atoms with Gasteiger partial charge in [-0.15, -0.1) is 0 Å². The minimum absolute atomic E-state index is 0.0491. The van der Waals surface area contributed by atoms with Crippen LogP contribution in [0, 0.1) is 0 Å². The fourth-order valence-corrected chi connectivity index (χ4v) is 1.08. The maximum atomic E-state index is 11.5. The van der Waals surface area contributed by atoms with Crippen LogP contribution in [-0.4, -0.2) is 21.7 Å². The van der Waals surface area contributed by atoms with Crippen molar-refractivity contribution in [1.82, 2.24) is 10.1 Å².